The van der Waals surface area contributed by atoms with Gasteiger partial charge < -0.3 is 20.5 Å². The van der Waals surface area contributed by atoms with Crippen LogP contribution in [0.15, 0.2) is 42.5 Å². The zero-order chi connectivity index (χ0) is 16.1. The third-order valence-corrected chi connectivity index (χ3v) is 2.97. The summed E-state index contributed by atoms with van der Waals surface area (Å²) in [6.45, 7) is 1.92. The van der Waals surface area contributed by atoms with Crippen molar-refractivity contribution in [3.05, 3.63) is 53.6 Å². The average molecular weight is 300 g/mol. The fourth-order valence-corrected chi connectivity index (χ4v) is 1.95. The Labute approximate surface area is 127 Å². The first-order valence-electron chi connectivity index (χ1n) is 6.55. The van der Waals surface area contributed by atoms with E-state index in [0.717, 1.165) is 5.56 Å². The van der Waals surface area contributed by atoms with Crippen molar-refractivity contribution < 1.29 is 19.4 Å². The first kappa shape index (κ1) is 15.4. The fourth-order valence-electron chi connectivity index (χ4n) is 1.95. The molecule has 0 saturated heterocycles. The van der Waals surface area contributed by atoms with E-state index in [1.165, 1.54) is 25.3 Å². The molecule has 2 amide bonds. The van der Waals surface area contributed by atoms with Crippen molar-refractivity contribution in [3.8, 4) is 5.75 Å². The first-order valence-corrected chi connectivity index (χ1v) is 6.55. The van der Waals surface area contributed by atoms with Crippen molar-refractivity contribution in [2.75, 3.05) is 17.7 Å². The molecule has 2 aromatic rings. The van der Waals surface area contributed by atoms with E-state index in [2.05, 4.69) is 10.6 Å². The largest absolute Gasteiger partial charge is 0.495 e. The lowest BCUT2D eigenvalue weighted by molar-refractivity contribution is 0.0697. The summed E-state index contributed by atoms with van der Waals surface area (Å²) in [5.41, 5.74) is 2.01. The number of benzene rings is 2. The number of amides is 2. The van der Waals surface area contributed by atoms with Crippen molar-refractivity contribution in [2.45, 2.75) is 6.92 Å². The van der Waals surface area contributed by atoms with E-state index in [1.54, 1.807) is 6.07 Å². The second kappa shape index (κ2) is 6.62. The minimum Gasteiger partial charge on any atom is -0.495 e. The van der Waals surface area contributed by atoms with Gasteiger partial charge in [0, 0.05) is 5.69 Å². The molecule has 6 heteroatoms. The Hall–Kier alpha value is -3.02. The second-order valence-corrected chi connectivity index (χ2v) is 4.67. The van der Waals surface area contributed by atoms with E-state index in [0.29, 0.717) is 11.4 Å². The molecule has 0 bridgehead atoms. The maximum absolute atomic E-state index is 12.0. The Morgan fingerprint density at radius 1 is 1.09 bits per heavy atom. The number of rotatable bonds is 4. The van der Waals surface area contributed by atoms with Crippen LogP contribution in [-0.2, 0) is 0 Å². The number of methoxy groups -OCH3 is 1. The molecule has 0 fully saturated rings. The van der Waals surface area contributed by atoms with E-state index in [4.69, 9.17) is 9.84 Å². The van der Waals surface area contributed by atoms with E-state index in [1.807, 2.05) is 25.1 Å². The summed E-state index contributed by atoms with van der Waals surface area (Å²) in [7, 11) is 1.44. The summed E-state index contributed by atoms with van der Waals surface area (Å²) in [4.78, 5) is 23.0. The molecular weight excluding hydrogens is 284 g/mol. The van der Waals surface area contributed by atoms with Crippen molar-refractivity contribution in [2.24, 2.45) is 0 Å². The van der Waals surface area contributed by atoms with Crippen LogP contribution in [0.4, 0.5) is 16.2 Å². The Bertz CT molecular complexity index is 713. The summed E-state index contributed by atoms with van der Waals surface area (Å²) in [5, 5.41) is 14.3. The minimum absolute atomic E-state index is 0.0617. The van der Waals surface area contributed by atoms with Crippen LogP contribution in [0.5, 0.6) is 5.75 Å². The molecule has 0 unspecified atom stereocenters. The zero-order valence-electron chi connectivity index (χ0n) is 12.2. The Morgan fingerprint density at radius 2 is 1.86 bits per heavy atom. The molecule has 0 spiro atoms. The van der Waals surface area contributed by atoms with Crippen LogP contribution in [0.2, 0.25) is 0 Å². The number of carbonyl (C=O) groups is 2. The predicted molar refractivity (Wildman–Crippen MR) is 83.8 cm³/mol. The van der Waals surface area contributed by atoms with Crippen molar-refractivity contribution >= 4 is 23.4 Å². The predicted octanol–water partition coefficient (Wildman–Crippen LogP) is 3.35. The molecule has 2 rings (SSSR count). The summed E-state index contributed by atoms with van der Waals surface area (Å²) in [6, 6.07) is 11.1. The lowest BCUT2D eigenvalue weighted by atomic mass is 10.2. The highest BCUT2D eigenvalue weighted by Crippen LogP contribution is 2.25. The maximum Gasteiger partial charge on any atom is 0.335 e. The van der Waals surface area contributed by atoms with Crippen LogP contribution in [0.3, 0.4) is 0 Å². The minimum atomic E-state index is -1.08. The molecule has 0 aliphatic heterocycles. The monoisotopic (exact) mass is 300 g/mol. The summed E-state index contributed by atoms with van der Waals surface area (Å²) in [6.07, 6.45) is 0. The van der Waals surface area contributed by atoms with Gasteiger partial charge in [0.15, 0.2) is 0 Å². The molecule has 0 aromatic heterocycles. The molecule has 0 saturated carbocycles. The first-order chi connectivity index (χ1) is 10.5. The number of urea groups is 1. The Balaban J connectivity index is 2.16. The second-order valence-electron chi connectivity index (χ2n) is 4.67. The number of aromatic carboxylic acids is 1. The van der Waals surface area contributed by atoms with Crippen molar-refractivity contribution in [1.82, 2.24) is 0 Å². The molecule has 0 aliphatic rings. The van der Waals surface area contributed by atoms with Gasteiger partial charge >= 0.3 is 12.0 Å². The van der Waals surface area contributed by atoms with Gasteiger partial charge in [0.1, 0.15) is 5.75 Å². The highest BCUT2D eigenvalue weighted by Gasteiger charge is 2.11. The number of carboxylic acids is 1. The third kappa shape index (κ3) is 3.76. The number of hydrogen-bond donors (Lipinski definition) is 3. The molecule has 6 nitrogen and oxygen atoms in total. The molecule has 0 radical (unpaired) electrons. The highest BCUT2D eigenvalue weighted by molar-refractivity contribution is 6.01. The van der Waals surface area contributed by atoms with Gasteiger partial charge in [-0.3, -0.25) is 0 Å². The summed E-state index contributed by atoms with van der Waals surface area (Å²) < 4.78 is 5.11. The zero-order valence-corrected chi connectivity index (χ0v) is 12.2. The number of ether oxygens (including phenoxy) is 1. The number of carboxylic acid groups (broad SMARTS) is 1. The lowest BCUT2D eigenvalue weighted by Gasteiger charge is -2.12. The normalized spacial score (nSPS) is 9.91. The van der Waals surface area contributed by atoms with Crippen LogP contribution < -0.4 is 15.4 Å². The molecule has 22 heavy (non-hydrogen) atoms. The van der Waals surface area contributed by atoms with Gasteiger partial charge in [-0.25, -0.2) is 9.59 Å². The van der Waals surface area contributed by atoms with E-state index >= 15 is 0 Å². The fraction of sp³-hybridized carbons (Fsp3) is 0.125. The van der Waals surface area contributed by atoms with E-state index in [-0.39, 0.29) is 11.3 Å². The van der Waals surface area contributed by atoms with Gasteiger partial charge in [0.05, 0.1) is 18.4 Å². The van der Waals surface area contributed by atoms with Crippen LogP contribution in [-0.4, -0.2) is 24.2 Å². The summed E-state index contributed by atoms with van der Waals surface area (Å²) >= 11 is 0. The van der Waals surface area contributed by atoms with Crippen LogP contribution >= 0.6 is 0 Å². The quantitative estimate of drug-likeness (QED) is 0.808. The molecule has 0 aliphatic carbocycles. The maximum atomic E-state index is 12.0. The Morgan fingerprint density at radius 3 is 2.50 bits per heavy atom. The van der Waals surface area contributed by atoms with Crippen LogP contribution in [0, 0.1) is 6.92 Å². The highest BCUT2D eigenvalue weighted by atomic mass is 16.5. The number of aryl methyl sites for hydroxylation is 1. The number of nitrogens with one attached hydrogen (secondary N) is 2. The molecule has 114 valence electrons. The number of anilines is 2. The SMILES string of the molecule is COc1ccc(C(=O)O)cc1NC(=O)Nc1cccc(C)c1. The van der Waals surface area contributed by atoms with Gasteiger partial charge in [0.2, 0.25) is 0 Å². The molecule has 0 atom stereocenters. The van der Waals surface area contributed by atoms with Gasteiger partial charge in [-0.2, -0.15) is 0 Å². The van der Waals surface area contributed by atoms with Gasteiger partial charge in [-0.15, -0.1) is 0 Å². The molecular formula is C16H16N2O4. The average Bonchev–Trinajstić information content (AvgIpc) is 2.47. The smallest absolute Gasteiger partial charge is 0.335 e. The number of carbonyl (C=O) groups excluding carboxylic acids is 1. The van der Waals surface area contributed by atoms with E-state index < -0.39 is 12.0 Å². The van der Waals surface area contributed by atoms with Gasteiger partial charge in [-0.05, 0) is 42.8 Å². The third-order valence-electron chi connectivity index (χ3n) is 2.97. The molecule has 2 aromatic carbocycles. The van der Waals surface area contributed by atoms with Crippen LogP contribution in [0.1, 0.15) is 15.9 Å². The van der Waals surface area contributed by atoms with Crippen molar-refractivity contribution in [1.29, 1.82) is 0 Å². The topological polar surface area (TPSA) is 87.7 Å². The van der Waals surface area contributed by atoms with Gasteiger partial charge in [0.25, 0.3) is 0 Å². The van der Waals surface area contributed by atoms with Crippen molar-refractivity contribution in [3.63, 3.8) is 0 Å². The lowest BCUT2D eigenvalue weighted by Crippen LogP contribution is -2.20. The molecule has 3 N–H and O–H groups in total. The van der Waals surface area contributed by atoms with Crippen LogP contribution in [0.25, 0.3) is 0 Å². The van der Waals surface area contributed by atoms with Gasteiger partial charge in [-0.1, -0.05) is 12.1 Å². The summed E-state index contributed by atoms with van der Waals surface area (Å²) in [5.74, 6) is -0.700. The number of hydrogen-bond acceptors (Lipinski definition) is 3. The van der Waals surface area contributed by atoms with E-state index in [9.17, 15) is 9.59 Å². The standard InChI is InChI=1S/C16H16N2O4/c1-10-4-3-5-12(8-10)17-16(21)18-13-9-11(15(19)20)6-7-14(13)22-2/h3-9H,1-2H3,(H,19,20)(H2,17,18,21). The Kier molecular flexibility index (Phi) is 4.63. The molecule has 0 heterocycles.